The predicted octanol–water partition coefficient (Wildman–Crippen LogP) is 3.96. The smallest absolute Gasteiger partial charge is 0.410 e. The summed E-state index contributed by atoms with van der Waals surface area (Å²) in [4.78, 5) is 25.9. The van der Waals surface area contributed by atoms with Crippen LogP contribution in [-0.4, -0.2) is 41.6 Å². The van der Waals surface area contributed by atoms with Crippen molar-refractivity contribution in [2.45, 2.75) is 46.3 Å². The van der Waals surface area contributed by atoms with Crippen LogP contribution in [0.1, 0.15) is 45.0 Å². The first kappa shape index (κ1) is 20.4. The van der Waals surface area contributed by atoms with Crippen molar-refractivity contribution in [2.75, 3.05) is 13.1 Å². The van der Waals surface area contributed by atoms with Crippen LogP contribution in [0.4, 0.5) is 9.18 Å². The lowest BCUT2D eigenvalue weighted by atomic mass is 10.2. The lowest BCUT2D eigenvalue weighted by Gasteiger charge is -2.31. The highest BCUT2D eigenvalue weighted by Gasteiger charge is 2.25. The molecule has 0 fully saturated rings. The lowest BCUT2D eigenvalue weighted by Crippen LogP contribution is -2.47. The summed E-state index contributed by atoms with van der Waals surface area (Å²) in [7, 11) is 0. The number of rotatable bonds is 5. The minimum atomic E-state index is -0.583. The van der Waals surface area contributed by atoms with Crippen LogP contribution in [0.15, 0.2) is 22.7 Å². The summed E-state index contributed by atoms with van der Waals surface area (Å²) in [5.41, 5.74) is -0.373. The molecule has 0 bridgehead atoms. The average molecular weight is 403 g/mol. The molecule has 0 aliphatic heterocycles. The zero-order valence-electron chi connectivity index (χ0n) is 14.7. The van der Waals surface area contributed by atoms with E-state index in [4.69, 9.17) is 4.74 Å². The first-order valence-electron chi connectivity index (χ1n) is 7.78. The van der Waals surface area contributed by atoms with E-state index >= 15 is 0 Å². The summed E-state index contributed by atoms with van der Waals surface area (Å²) in [5.74, 6) is -0.895. The normalized spacial score (nSPS) is 12.5. The van der Waals surface area contributed by atoms with Crippen LogP contribution in [0, 0.1) is 5.82 Å². The molecular weight excluding hydrogens is 379 g/mol. The molecule has 0 aromatic heterocycles. The number of benzene rings is 1. The van der Waals surface area contributed by atoms with Crippen LogP contribution in [0.5, 0.6) is 0 Å². The van der Waals surface area contributed by atoms with Crippen molar-refractivity contribution in [3.63, 3.8) is 0 Å². The summed E-state index contributed by atoms with van der Waals surface area (Å²) in [6.07, 6.45) is -0.432. The molecule has 0 aliphatic rings. The Morgan fingerprint density at radius 1 is 1.38 bits per heavy atom. The minimum absolute atomic E-state index is 0.211. The summed E-state index contributed by atoms with van der Waals surface area (Å²) < 4.78 is 19.1. The van der Waals surface area contributed by atoms with Gasteiger partial charge < -0.3 is 15.0 Å². The Morgan fingerprint density at radius 3 is 2.54 bits per heavy atom. The van der Waals surface area contributed by atoms with Gasteiger partial charge in [0.05, 0.1) is 5.56 Å². The first-order chi connectivity index (χ1) is 11.0. The third-order valence-electron chi connectivity index (χ3n) is 3.23. The molecule has 0 spiro atoms. The average Bonchev–Trinajstić information content (AvgIpc) is 2.46. The summed E-state index contributed by atoms with van der Waals surface area (Å²) in [6, 6.07) is 3.65. The van der Waals surface area contributed by atoms with Gasteiger partial charge in [0.15, 0.2) is 0 Å². The quantitative estimate of drug-likeness (QED) is 0.810. The van der Waals surface area contributed by atoms with Gasteiger partial charge in [0.25, 0.3) is 5.91 Å². The van der Waals surface area contributed by atoms with Crippen molar-refractivity contribution < 1.29 is 18.7 Å². The fourth-order valence-electron chi connectivity index (χ4n) is 2.06. The molecule has 1 aromatic rings. The molecule has 1 N–H and O–H groups in total. The molecule has 1 rings (SSSR count). The molecule has 0 heterocycles. The topological polar surface area (TPSA) is 58.6 Å². The molecule has 7 heteroatoms. The van der Waals surface area contributed by atoms with Crippen molar-refractivity contribution in [1.82, 2.24) is 10.2 Å². The van der Waals surface area contributed by atoms with Crippen LogP contribution < -0.4 is 5.32 Å². The van der Waals surface area contributed by atoms with Crippen molar-refractivity contribution >= 4 is 27.9 Å². The second-order valence-corrected chi connectivity index (χ2v) is 7.30. The largest absolute Gasteiger partial charge is 0.444 e. The van der Waals surface area contributed by atoms with E-state index in [0.29, 0.717) is 11.0 Å². The highest BCUT2D eigenvalue weighted by atomic mass is 79.9. The second kappa shape index (κ2) is 8.46. The molecule has 0 aliphatic carbocycles. The zero-order chi connectivity index (χ0) is 18.5. The van der Waals surface area contributed by atoms with E-state index in [1.54, 1.807) is 20.8 Å². The summed E-state index contributed by atoms with van der Waals surface area (Å²) in [5, 5.41) is 2.71. The van der Waals surface area contributed by atoms with Crippen molar-refractivity contribution in [1.29, 1.82) is 0 Å². The zero-order valence-corrected chi connectivity index (χ0v) is 16.2. The number of hydrogen-bond acceptors (Lipinski definition) is 3. The van der Waals surface area contributed by atoms with E-state index in [0.717, 1.165) is 6.07 Å². The molecule has 5 nitrogen and oxygen atoms in total. The van der Waals surface area contributed by atoms with E-state index in [1.807, 2.05) is 13.8 Å². The van der Waals surface area contributed by atoms with Crippen LogP contribution in [0.3, 0.4) is 0 Å². The van der Waals surface area contributed by atoms with Crippen LogP contribution >= 0.6 is 15.9 Å². The monoisotopic (exact) mass is 402 g/mol. The predicted molar refractivity (Wildman–Crippen MR) is 94.5 cm³/mol. The van der Waals surface area contributed by atoms with Gasteiger partial charge in [0, 0.05) is 23.6 Å². The number of carbonyl (C=O) groups is 2. The number of likely N-dealkylation sites (N-methyl/N-ethyl adjacent to an activating group) is 1. The van der Waals surface area contributed by atoms with Crippen LogP contribution in [0.25, 0.3) is 0 Å². The fourth-order valence-corrected chi connectivity index (χ4v) is 2.49. The van der Waals surface area contributed by atoms with E-state index in [2.05, 4.69) is 21.2 Å². The van der Waals surface area contributed by atoms with Gasteiger partial charge in [-0.05, 0) is 68.7 Å². The first-order valence-corrected chi connectivity index (χ1v) is 8.57. The maximum absolute atomic E-state index is 13.3. The van der Waals surface area contributed by atoms with Gasteiger partial charge in [0.2, 0.25) is 0 Å². The number of carbonyl (C=O) groups excluding carboxylic acids is 2. The summed E-state index contributed by atoms with van der Waals surface area (Å²) in [6.45, 7) is 9.73. The minimum Gasteiger partial charge on any atom is -0.444 e. The van der Waals surface area contributed by atoms with Gasteiger partial charge in [-0.15, -0.1) is 0 Å². The van der Waals surface area contributed by atoms with Gasteiger partial charge in [0.1, 0.15) is 11.4 Å². The van der Waals surface area contributed by atoms with Gasteiger partial charge in [-0.2, -0.15) is 0 Å². The van der Waals surface area contributed by atoms with E-state index in [-0.39, 0.29) is 18.2 Å². The van der Waals surface area contributed by atoms with Gasteiger partial charge in [-0.1, -0.05) is 0 Å². The molecule has 2 amide bonds. The molecular formula is C17H24BrFN2O3. The van der Waals surface area contributed by atoms with Crippen molar-refractivity contribution in [2.24, 2.45) is 0 Å². The Kier molecular flexibility index (Phi) is 7.20. The van der Waals surface area contributed by atoms with Gasteiger partial charge >= 0.3 is 6.09 Å². The number of nitrogens with zero attached hydrogens (tertiary/aromatic N) is 1. The molecule has 0 saturated heterocycles. The van der Waals surface area contributed by atoms with Gasteiger partial charge in [-0.3, -0.25) is 4.79 Å². The van der Waals surface area contributed by atoms with E-state index in [1.165, 1.54) is 17.0 Å². The Morgan fingerprint density at radius 2 is 2.00 bits per heavy atom. The number of nitrogens with one attached hydrogen (secondary N) is 1. The molecule has 1 atom stereocenters. The number of halogens is 2. The standard InChI is InChI=1S/C17H24BrFN2O3/c1-6-21(16(23)24-17(3,4)5)11(2)10-20-15(22)13-9-12(19)7-8-14(13)18/h7-9,11H,6,10H2,1-5H3,(H,20,22)/t11-/m1/s1. The highest BCUT2D eigenvalue weighted by molar-refractivity contribution is 9.10. The third kappa shape index (κ3) is 6.11. The SMILES string of the molecule is CCN(C(=O)OC(C)(C)C)[C@H](C)CNC(=O)c1cc(F)ccc1Br. The number of ether oxygens (including phenoxy) is 1. The maximum Gasteiger partial charge on any atom is 0.410 e. The number of amides is 2. The Hall–Kier alpha value is -1.63. The van der Waals surface area contributed by atoms with Gasteiger partial charge in [-0.25, -0.2) is 9.18 Å². The molecule has 1 aromatic carbocycles. The third-order valence-corrected chi connectivity index (χ3v) is 3.92. The fraction of sp³-hybridized carbons (Fsp3) is 0.529. The Bertz CT molecular complexity index is 602. The lowest BCUT2D eigenvalue weighted by molar-refractivity contribution is 0.0187. The van der Waals surface area contributed by atoms with Crippen molar-refractivity contribution in [3.8, 4) is 0 Å². The second-order valence-electron chi connectivity index (χ2n) is 6.45. The number of hydrogen-bond donors (Lipinski definition) is 1. The highest BCUT2D eigenvalue weighted by Crippen LogP contribution is 2.18. The molecule has 0 unspecified atom stereocenters. The Labute approximate surface area is 150 Å². The Balaban J connectivity index is 2.69. The molecule has 134 valence electrons. The summed E-state index contributed by atoms with van der Waals surface area (Å²) >= 11 is 3.22. The molecule has 0 saturated carbocycles. The van der Waals surface area contributed by atoms with E-state index < -0.39 is 23.4 Å². The van der Waals surface area contributed by atoms with E-state index in [9.17, 15) is 14.0 Å². The van der Waals surface area contributed by atoms with Crippen LogP contribution in [-0.2, 0) is 4.74 Å². The molecule has 0 radical (unpaired) electrons. The maximum atomic E-state index is 13.3. The van der Waals surface area contributed by atoms with Crippen molar-refractivity contribution in [3.05, 3.63) is 34.1 Å². The molecule has 24 heavy (non-hydrogen) atoms. The van der Waals surface area contributed by atoms with Crippen LogP contribution in [0.2, 0.25) is 0 Å².